The summed E-state index contributed by atoms with van der Waals surface area (Å²) in [6.45, 7) is 1.79. The zero-order valence-corrected chi connectivity index (χ0v) is 26.9. The molecule has 12 nitrogen and oxygen atoms in total. The van der Waals surface area contributed by atoms with Crippen molar-refractivity contribution in [2.75, 3.05) is 5.32 Å². The van der Waals surface area contributed by atoms with Gasteiger partial charge in [0.1, 0.15) is 0 Å². The number of hydrogen-bond acceptors (Lipinski definition) is 8. The Hall–Kier alpha value is -6.72. The van der Waals surface area contributed by atoms with Crippen LogP contribution in [0, 0.1) is 6.92 Å². The molecule has 0 saturated heterocycles. The van der Waals surface area contributed by atoms with Crippen LogP contribution in [-0.2, 0) is 31.4 Å². The predicted octanol–water partition coefficient (Wildman–Crippen LogP) is 5.58. The minimum absolute atomic E-state index is 0.137. The lowest BCUT2D eigenvalue weighted by atomic mass is 10.1. The number of hydrogen-bond donors (Lipinski definition) is 4. The minimum atomic E-state index is -4.94. The van der Waals surface area contributed by atoms with Crippen molar-refractivity contribution in [1.82, 2.24) is 10.9 Å². The molecule has 53 heavy (non-hydrogen) atoms. The topological polar surface area (TPSA) is 177 Å². The zero-order chi connectivity index (χ0) is 39.1. The Morgan fingerprint density at radius 2 is 1.08 bits per heavy atom. The molecule has 0 aliphatic heterocycles. The van der Waals surface area contributed by atoms with Crippen LogP contribution < -0.4 is 16.2 Å². The van der Waals surface area contributed by atoms with E-state index in [1.807, 2.05) is 5.43 Å². The van der Waals surface area contributed by atoms with Crippen molar-refractivity contribution in [3.8, 4) is 0 Å². The molecule has 4 N–H and O–H groups in total. The van der Waals surface area contributed by atoms with E-state index in [1.165, 1.54) is 24.3 Å². The van der Waals surface area contributed by atoms with Crippen LogP contribution in [0.15, 0.2) is 97.1 Å². The van der Waals surface area contributed by atoms with E-state index >= 15 is 0 Å². The summed E-state index contributed by atoms with van der Waals surface area (Å²) in [5.41, 5.74) is 0.661. The van der Waals surface area contributed by atoms with Crippen LogP contribution in [0.3, 0.4) is 0 Å². The third-order valence-electron chi connectivity index (χ3n) is 7.08. The van der Waals surface area contributed by atoms with Crippen molar-refractivity contribution >= 4 is 41.3 Å². The Balaban J connectivity index is 1.54. The first-order valence-electron chi connectivity index (χ1n) is 14.9. The molecule has 276 valence electrons. The number of ether oxygens (including phenoxy) is 2. The van der Waals surface area contributed by atoms with E-state index in [4.69, 9.17) is 9.47 Å². The number of aryl methyl sites for hydroxylation is 1. The van der Waals surface area contributed by atoms with Crippen molar-refractivity contribution in [2.45, 2.75) is 31.5 Å². The Morgan fingerprint density at radius 3 is 1.57 bits per heavy atom. The number of esters is 2. The number of amides is 3. The molecule has 0 aromatic heterocycles. The smallest absolute Gasteiger partial charge is 0.416 e. The Morgan fingerprint density at radius 1 is 0.585 bits per heavy atom. The summed E-state index contributed by atoms with van der Waals surface area (Å²) < 4.78 is 89.0. The number of nitrogens with one attached hydrogen (secondary N) is 3. The highest BCUT2D eigenvalue weighted by Crippen LogP contribution is 2.31. The minimum Gasteiger partial charge on any atom is -0.478 e. The molecule has 0 heterocycles. The van der Waals surface area contributed by atoms with Crippen LogP contribution in [0.25, 0.3) is 0 Å². The predicted molar refractivity (Wildman–Crippen MR) is 170 cm³/mol. The number of carbonyl (C=O) groups excluding carboxylic acids is 5. The fraction of sp³-hybridized carbons (Fsp3) is 0.143. The van der Waals surface area contributed by atoms with Gasteiger partial charge in [0.25, 0.3) is 17.7 Å². The maximum absolute atomic E-state index is 13.3. The van der Waals surface area contributed by atoms with Gasteiger partial charge in [0.15, 0.2) is 0 Å². The van der Waals surface area contributed by atoms with Crippen LogP contribution >= 0.6 is 0 Å². The second kappa shape index (κ2) is 16.1. The summed E-state index contributed by atoms with van der Waals surface area (Å²) in [5.74, 6) is -8.82. The van der Waals surface area contributed by atoms with Crippen LogP contribution in [-0.4, -0.2) is 52.9 Å². The molecule has 4 aromatic rings. The Kier molecular flexibility index (Phi) is 11.9. The quantitative estimate of drug-likeness (QED) is 0.0917. The molecule has 0 unspecified atom stereocenters. The van der Waals surface area contributed by atoms with Gasteiger partial charge in [-0.2, -0.15) is 26.3 Å². The van der Waals surface area contributed by atoms with E-state index in [9.17, 15) is 60.2 Å². The third kappa shape index (κ3) is 10.4. The van der Waals surface area contributed by atoms with Crippen LogP contribution in [0.1, 0.15) is 58.1 Å². The normalized spacial score (nSPS) is 12.4. The highest BCUT2D eigenvalue weighted by Gasteiger charge is 2.42. The third-order valence-corrected chi connectivity index (χ3v) is 7.08. The average molecular weight is 746 g/mol. The first-order valence-corrected chi connectivity index (χ1v) is 14.9. The molecule has 3 amide bonds. The Bertz CT molecular complexity index is 2050. The zero-order valence-electron chi connectivity index (χ0n) is 26.9. The summed E-state index contributed by atoms with van der Waals surface area (Å²) in [7, 11) is 0. The van der Waals surface area contributed by atoms with Gasteiger partial charge in [0.05, 0.1) is 22.3 Å². The first kappa shape index (κ1) is 39.1. The van der Waals surface area contributed by atoms with E-state index in [2.05, 4.69) is 5.32 Å². The van der Waals surface area contributed by atoms with E-state index in [-0.39, 0.29) is 11.3 Å². The molecule has 0 saturated carbocycles. The van der Waals surface area contributed by atoms with Crippen LogP contribution in [0.4, 0.5) is 32.0 Å². The number of carboxylic acids is 1. The monoisotopic (exact) mass is 745 g/mol. The fourth-order valence-corrected chi connectivity index (χ4v) is 4.46. The van der Waals surface area contributed by atoms with Crippen LogP contribution in [0.5, 0.6) is 0 Å². The highest BCUT2D eigenvalue weighted by molar-refractivity contribution is 6.05. The standard InChI is InChI=1S/C35H25F6N3O9/c1-18-5-2-6-20(15-18)28(45)42-25-13-11-19(12-14-25)29(46)43-44-30(47)26(52-32(50)21-7-3-9-23(16-21)34(36,37)38)27(31(48)49)53-33(51)22-8-4-10-24(17-22)35(39,40)41/h2-17,26-27H,1H3,(H,42,45)(H,43,46)(H,44,47)(H,48,49)/t26-,27+/m1/s1. The summed E-state index contributed by atoms with van der Waals surface area (Å²) in [5, 5.41) is 12.5. The van der Waals surface area contributed by atoms with Crippen molar-refractivity contribution in [3.05, 3.63) is 136 Å². The van der Waals surface area contributed by atoms with Gasteiger partial charge in [0, 0.05) is 16.8 Å². The van der Waals surface area contributed by atoms with Gasteiger partial charge < -0.3 is 19.9 Å². The van der Waals surface area contributed by atoms with Gasteiger partial charge >= 0.3 is 30.3 Å². The molecule has 4 aromatic carbocycles. The number of aliphatic carboxylic acids is 1. The first-order chi connectivity index (χ1) is 24.8. The summed E-state index contributed by atoms with van der Waals surface area (Å²) in [6, 6.07) is 16.9. The van der Waals surface area contributed by atoms with E-state index < -0.39 is 82.4 Å². The molecule has 2 atom stereocenters. The van der Waals surface area contributed by atoms with E-state index in [0.717, 1.165) is 29.8 Å². The van der Waals surface area contributed by atoms with Gasteiger partial charge in [-0.25, -0.2) is 14.4 Å². The number of hydrazine groups is 1. The lowest BCUT2D eigenvalue weighted by Gasteiger charge is -2.24. The van der Waals surface area contributed by atoms with E-state index in [0.29, 0.717) is 29.8 Å². The number of anilines is 1. The largest absolute Gasteiger partial charge is 0.478 e. The second-order valence-electron chi connectivity index (χ2n) is 11.0. The summed E-state index contributed by atoms with van der Waals surface area (Å²) >= 11 is 0. The maximum atomic E-state index is 13.3. The number of rotatable bonds is 10. The summed E-state index contributed by atoms with van der Waals surface area (Å²) in [6.07, 6.45) is -15.4. The van der Waals surface area contributed by atoms with Gasteiger partial charge in [-0.1, -0.05) is 29.8 Å². The molecule has 0 fully saturated rings. The van der Waals surface area contributed by atoms with Crippen molar-refractivity contribution in [2.24, 2.45) is 0 Å². The summed E-state index contributed by atoms with van der Waals surface area (Å²) in [4.78, 5) is 76.4. The molecule has 0 aliphatic carbocycles. The van der Waals surface area contributed by atoms with Crippen molar-refractivity contribution < 1.29 is 69.7 Å². The number of carbonyl (C=O) groups is 6. The lowest BCUT2D eigenvalue weighted by Crippen LogP contribution is -2.54. The number of benzene rings is 4. The number of carboxylic acid groups (broad SMARTS) is 1. The molecule has 0 spiro atoms. The lowest BCUT2D eigenvalue weighted by molar-refractivity contribution is -0.159. The Labute approximate surface area is 294 Å². The molecule has 18 heteroatoms. The number of alkyl halides is 6. The van der Waals surface area contributed by atoms with Gasteiger partial charge in [-0.3, -0.25) is 25.2 Å². The molecular weight excluding hydrogens is 720 g/mol. The van der Waals surface area contributed by atoms with Gasteiger partial charge in [-0.05, 0) is 79.7 Å². The molecule has 0 aliphatic rings. The highest BCUT2D eigenvalue weighted by atomic mass is 19.4. The molecule has 0 radical (unpaired) electrons. The fourth-order valence-electron chi connectivity index (χ4n) is 4.46. The molecule has 4 rings (SSSR count). The van der Waals surface area contributed by atoms with Gasteiger partial charge in [-0.15, -0.1) is 0 Å². The SMILES string of the molecule is Cc1cccc(C(=O)Nc2ccc(C(=O)NNC(=O)[C@H](OC(=O)c3cccc(C(F)(F)F)c3)[C@H](OC(=O)c3cccc(C(F)(F)F)c3)C(=O)O)cc2)c1. The number of halogens is 6. The van der Waals surface area contributed by atoms with Crippen molar-refractivity contribution in [3.63, 3.8) is 0 Å². The molecule has 0 bridgehead atoms. The second-order valence-corrected chi connectivity index (χ2v) is 11.0. The average Bonchev–Trinajstić information content (AvgIpc) is 3.11. The van der Waals surface area contributed by atoms with Crippen molar-refractivity contribution in [1.29, 1.82) is 0 Å². The van der Waals surface area contributed by atoms with E-state index in [1.54, 1.807) is 36.6 Å². The maximum Gasteiger partial charge on any atom is 0.416 e. The van der Waals surface area contributed by atoms with Gasteiger partial charge in [0.2, 0.25) is 12.2 Å². The molecular formula is C35H25F6N3O9. The van der Waals surface area contributed by atoms with Crippen LogP contribution in [0.2, 0.25) is 0 Å².